The standard InChI is InChI=1S/C25H33N5O4/c1-19(31)29(12-11-28-13-15-34-16-14-28)18-25(32)30-24(20-6-8-21(33-3)9-7-20)17-22(26-30)23-5-4-10-27(23)2/h4-10,24H,11-18H2,1-3H3. The number of benzene rings is 1. The fraction of sp³-hybridized carbons (Fsp3) is 0.480. The highest BCUT2D eigenvalue weighted by Crippen LogP contribution is 2.33. The number of carbonyl (C=O) groups excluding carboxylic acids is 2. The maximum atomic E-state index is 13.5. The second-order valence-corrected chi connectivity index (χ2v) is 8.68. The van der Waals surface area contributed by atoms with Crippen LogP contribution in [-0.4, -0.2) is 89.9 Å². The molecule has 0 aliphatic carbocycles. The number of rotatable bonds is 8. The number of ether oxygens (including phenoxy) is 2. The molecule has 1 aromatic carbocycles. The molecule has 0 radical (unpaired) electrons. The Balaban J connectivity index is 1.52. The van der Waals surface area contributed by atoms with Gasteiger partial charge in [0.1, 0.15) is 12.3 Å². The molecule has 2 aliphatic heterocycles. The maximum Gasteiger partial charge on any atom is 0.262 e. The zero-order chi connectivity index (χ0) is 24.1. The first-order valence-electron chi connectivity index (χ1n) is 11.7. The van der Waals surface area contributed by atoms with Gasteiger partial charge in [-0.15, -0.1) is 0 Å². The fourth-order valence-electron chi connectivity index (χ4n) is 4.41. The van der Waals surface area contributed by atoms with Crippen LogP contribution < -0.4 is 4.74 Å². The van der Waals surface area contributed by atoms with E-state index in [1.165, 1.54) is 6.92 Å². The van der Waals surface area contributed by atoms with Crippen LogP contribution in [0.1, 0.15) is 30.6 Å². The molecule has 1 atom stereocenters. The van der Waals surface area contributed by atoms with Gasteiger partial charge in [0.2, 0.25) is 5.91 Å². The van der Waals surface area contributed by atoms with Crippen LogP contribution in [0.2, 0.25) is 0 Å². The normalized spacial score (nSPS) is 18.6. The number of nitrogens with zero attached hydrogens (tertiary/aromatic N) is 5. The second kappa shape index (κ2) is 10.8. The molecule has 1 unspecified atom stereocenters. The van der Waals surface area contributed by atoms with Crippen molar-refractivity contribution in [2.75, 3.05) is 53.0 Å². The lowest BCUT2D eigenvalue weighted by molar-refractivity contribution is -0.140. The molecular formula is C25H33N5O4. The van der Waals surface area contributed by atoms with Crippen LogP contribution in [0.4, 0.5) is 0 Å². The van der Waals surface area contributed by atoms with Crippen molar-refractivity contribution in [3.05, 3.63) is 53.9 Å². The lowest BCUT2D eigenvalue weighted by atomic mass is 10.0. The van der Waals surface area contributed by atoms with Crippen molar-refractivity contribution >= 4 is 17.5 Å². The van der Waals surface area contributed by atoms with E-state index >= 15 is 0 Å². The molecular weight excluding hydrogens is 434 g/mol. The summed E-state index contributed by atoms with van der Waals surface area (Å²) in [6.45, 7) is 5.81. The monoisotopic (exact) mass is 467 g/mol. The number of hydrazone groups is 1. The van der Waals surface area contributed by atoms with E-state index in [0.717, 1.165) is 42.4 Å². The number of aromatic nitrogens is 1. The summed E-state index contributed by atoms with van der Waals surface area (Å²) < 4.78 is 12.7. The number of carbonyl (C=O) groups is 2. The van der Waals surface area contributed by atoms with Crippen LogP contribution in [0.3, 0.4) is 0 Å². The summed E-state index contributed by atoms with van der Waals surface area (Å²) in [5, 5.41) is 6.29. The largest absolute Gasteiger partial charge is 0.497 e. The Kier molecular flexibility index (Phi) is 7.64. The minimum Gasteiger partial charge on any atom is -0.497 e. The minimum atomic E-state index is -0.239. The summed E-state index contributed by atoms with van der Waals surface area (Å²) >= 11 is 0. The van der Waals surface area contributed by atoms with Crippen molar-refractivity contribution in [1.82, 2.24) is 19.4 Å². The Hall–Kier alpha value is -3.17. The van der Waals surface area contributed by atoms with Gasteiger partial charge in [-0.3, -0.25) is 14.5 Å². The van der Waals surface area contributed by atoms with Gasteiger partial charge in [-0.05, 0) is 29.8 Å². The Bertz CT molecular complexity index is 1030. The highest BCUT2D eigenvalue weighted by Gasteiger charge is 2.34. The van der Waals surface area contributed by atoms with Gasteiger partial charge in [-0.1, -0.05) is 12.1 Å². The number of hydrogen-bond donors (Lipinski definition) is 0. The van der Waals surface area contributed by atoms with Gasteiger partial charge in [0.15, 0.2) is 0 Å². The number of morpholine rings is 1. The van der Waals surface area contributed by atoms with E-state index in [9.17, 15) is 9.59 Å². The molecule has 1 saturated heterocycles. The van der Waals surface area contributed by atoms with Gasteiger partial charge in [0.25, 0.3) is 5.91 Å². The average molecular weight is 468 g/mol. The maximum absolute atomic E-state index is 13.5. The number of amides is 2. The zero-order valence-electron chi connectivity index (χ0n) is 20.1. The summed E-state index contributed by atoms with van der Waals surface area (Å²) in [6.07, 6.45) is 2.57. The third-order valence-electron chi connectivity index (χ3n) is 6.47. The highest BCUT2D eigenvalue weighted by atomic mass is 16.5. The predicted molar refractivity (Wildman–Crippen MR) is 129 cm³/mol. The van der Waals surface area contributed by atoms with Crippen LogP contribution >= 0.6 is 0 Å². The van der Waals surface area contributed by atoms with Gasteiger partial charge in [0, 0.05) is 52.8 Å². The third kappa shape index (κ3) is 5.48. The molecule has 0 N–H and O–H groups in total. The Morgan fingerprint density at radius 3 is 2.53 bits per heavy atom. The highest BCUT2D eigenvalue weighted by molar-refractivity contribution is 6.02. The van der Waals surface area contributed by atoms with Crippen molar-refractivity contribution in [3.8, 4) is 5.75 Å². The second-order valence-electron chi connectivity index (χ2n) is 8.68. The van der Waals surface area contributed by atoms with E-state index in [1.807, 2.05) is 54.2 Å². The summed E-state index contributed by atoms with van der Waals surface area (Å²) in [5.74, 6) is 0.449. The van der Waals surface area contributed by atoms with Crippen molar-refractivity contribution in [2.24, 2.45) is 12.1 Å². The number of aryl methyl sites for hydroxylation is 1. The molecule has 9 nitrogen and oxygen atoms in total. The van der Waals surface area contributed by atoms with E-state index in [1.54, 1.807) is 17.0 Å². The van der Waals surface area contributed by atoms with Crippen molar-refractivity contribution in [1.29, 1.82) is 0 Å². The molecule has 0 saturated carbocycles. The van der Waals surface area contributed by atoms with Crippen molar-refractivity contribution in [2.45, 2.75) is 19.4 Å². The van der Waals surface area contributed by atoms with Crippen LogP contribution in [0.15, 0.2) is 47.7 Å². The first-order valence-corrected chi connectivity index (χ1v) is 11.7. The molecule has 4 rings (SSSR count). The molecule has 2 amide bonds. The lowest BCUT2D eigenvalue weighted by Gasteiger charge is -2.30. The topological polar surface area (TPSA) is 79.6 Å². The lowest BCUT2D eigenvalue weighted by Crippen LogP contribution is -2.45. The van der Waals surface area contributed by atoms with Gasteiger partial charge in [-0.2, -0.15) is 5.10 Å². The SMILES string of the molecule is COc1ccc(C2CC(c3cccn3C)=NN2C(=O)CN(CCN2CCOCC2)C(C)=O)cc1. The van der Waals surface area contributed by atoms with Crippen LogP contribution in [0, 0.1) is 0 Å². The summed E-state index contributed by atoms with van der Waals surface area (Å²) in [4.78, 5) is 29.7. The van der Waals surface area contributed by atoms with Gasteiger partial charge < -0.3 is 18.9 Å². The van der Waals surface area contributed by atoms with E-state index in [-0.39, 0.29) is 24.4 Å². The van der Waals surface area contributed by atoms with Gasteiger partial charge >= 0.3 is 0 Å². The van der Waals surface area contributed by atoms with Crippen molar-refractivity contribution in [3.63, 3.8) is 0 Å². The van der Waals surface area contributed by atoms with Crippen LogP contribution in [0.25, 0.3) is 0 Å². The summed E-state index contributed by atoms with van der Waals surface area (Å²) in [5.41, 5.74) is 2.80. The van der Waals surface area contributed by atoms with Gasteiger partial charge in [0.05, 0.1) is 37.8 Å². The van der Waals surface area contributed by atoms with E-state index in [4.69, 9.17) is 14.6 Å². The molecule has 9 heteroatoms. The average Bonchev–Trinajstić information content (AvgIpc) is 3.48. The Morgan fingerprint density at radius 2 is 1.91 bits per heavy atom. The number of methoxy groups -OCH3 is 1. The molecule has 1 fully saturated rings. The molecule has 1 aromatic heterocycles. The fourth-order valence-corrected chi connectivity index (χ4v) is 4.41. The molecule has 2 aromatic rings. The molecule has 2 aliphatic rings. The van der Waals surface area contributed by atoms with E-state index in [0.29, 0.717) is 26.2 Å². The van der Waals surface area contributed by atoms with Crippen LogP contribution in [0.5, 0.6) is 5.75 Å². The molecule has 34 heavy (non-hydrogen) atoms. The first-order chi connectivity index (χ1) is 16.5. The van der Waals surface area contributed by atoms with Crippen LogP contribution in [-0.2, 0) is 21.4 Å². The molecule has 3 heterocycles. The first kappa shape index (κ1) is 24.0. The third-order valence-corrected chi connectivity index (χ3v) is 6.47. The summed E-state index contributed by atoms with van der Waals surface area (Å²) in [6, 6.07) is 11.4. The summed E-state index contributed by atoms with van der Waals surface area (Å²) in [7, 11) is 3.60. The zero-order valence-corrected chi connectivity index (χ0v) is 20.1. The quantitative estimate of drug-likeness (QED) is 0.593. The van der Waals surface area contributed by atoms with E-state index in [2.05, 4.69) is 4.90 Å². The van der Waals surface area contributed by atoms with Crippen molar-refractivity contribution < 1.29 is 19.1 Å². The smallest absolute Gasteiger partial charge is 0.262 e. The van der Waals surface area contributed by atoms with Gasteiger partial charge in [-0.25, -0.2) is 5.01 Å². The molecule has 0 bridgehead atoms. The molecule has 182 valence electrons. The predicted octanol–water partition coefficient (Wildman–Crippen LogP) is 1.89. The number of hydrogen-bond acceptors (Lipinski definition) is 6. The molecule has 0 spiro atoms. The Labute approximate surface area is 200 Å². The van der Waals surface area contributed by atoms with E-state index < -0.39 is 0 Å². The minimum absolute atomic E-state index is 0.00373. The Morgan fingerprint density at radius 1 is 1.18 bits per heavy atom.